The Bertz CT molecular complexity index is 534. The second-order valence-electron chi connectivity index (χ2n) is 5.34. The van der Waals surface area contributed by atoms with Crippen LogP contribution in [0.2, 0.25) is 0 Å². The summed E-state index contributed by atoms with van der Waals surface area (Å²) in [7, 11) is 1.45. The lowest BCUT2D eigenvalue weighted by Gasteiger charge is -2.27. The zero-order valence-corrected chi connectivity index (χ0v) is 12.0. The average molecular weight is 318 g/mol. The summed E-state index contributed by atoms with van der Waals surface area (Å²) in [5.41, 5.74) is 0.632. The van der Waals surface area contributed by atoms with Crippen LogP contribution in [0, 0.1) is 5.92 Å². The molecule has 1 aliphatic rings. The largest absolute Gasteiger partial charge is 0.573 e. The number of carboxylic acids is 1. The van der Waals surface area contributed by atoms with E-state index in [4.69, 9.17) is 9.84 Å². The lowest BCUT2D eigenvalue weighted by atomic mass is 9.78. The number of carbonyl (C=O) groups is 1. The maximum Gasteiger partial charge on any atom is 0.573 e. The van der Waals surface area contributed by atoms with Crippen molar-refractivity contribution in [1.29, 1.82) is 0 Å². The fourth-order valence-corrected chi connectivity index (χ4v) is 2.88. The molecular formula is C15H17F3O4. The van der Waals surface area contributed by atoms with Gasteiger partial charge < -0.3 is 14.6 Å². The Balaban J connectivity index is 2.18. The Morgan fingerprint density at radius 3 is 2.36 bits per heavy atom. The molecule has 22 heavy (non-hydrogen) atoms. The van der Waals surface area contributed by atoms with Gasteiger partial charge in [-0.3, -0.25) is 4.79 Å². The first-order chi connectivity index (χ1) is 10.3. The van der Waals surface area contributed by atoms with Gasteiger partial charge >= 0.3 is 12.3 Å². The van der Waals surface area contributed by atoms with Gasteiger partial charge in [0.1, 0.15) is 11.5 Å². The second kappa shape index (κ2) is 6.46. The average Bonchev–Trinajstić information content (AvgIpc) is 2.45. The normalized spacial score (nSPS) is 22.2. The Labute approximate surface area is 125 Å². The highest BCUT2D eigenvalue weighted by Crippen LogP contribution is 2.41. The number of hydrogen-bond donors (Lipinski definition) is 1. The topological polar surface area (TPSA) is 55.8 Å². The minimum Gasteiger partial charge on any atom is -0.496 e. The summed E-state index contributed by atoms with van der Waals surface area (Å²) in [5.74, 6) is -1.02. The van der Waals surface area contributed by atoms with Crippen LogP contribution in [0.25, 0.3) is 0 Å². The highest BCUT2D eigenvalue weighted by atomic mass is 19.4. The monoisotopic (exact) mass is 318 g/mol. The van der Waals surface area contributed by atoms with E-state index in [0.29, 0.717) is 37.0 Å². The molecule has 0 unspecified atom stereocenters. The Morgan fingerprint density at radius 2 is 1.86 bits per heavy atom. The van der Waals surface area contributed by atoms with Gasteiger partial charge in [0.05, 0.1) is 13.0 Å². The molecule has 1 aromatic rings. The number of alkyl halides is 3. The van der Waals surface area contributed by atoms with Crippen LogP contribution in [0.3, 0.4) is 0 Å². The standard InChI is InChI=1S/C15H17F3O4/c1-21-13-7-6-11(22-15(16,17)18)8-12(13)9-2-4-10(5-3-9)14(19)20/h6-10H,2-5H2,1H3,(H,19,20). The van der Waals surface area contributed by atoms with Gasteiger partial charge in [-0.2, -0.15) is 0 Å². The van der Waals surface area contributed by atoms with Crippen LogP contribution in [0.4, 0.5) is 13.2 Å². The molecule has 4 nitrogen and oxygen atoms in total. The summed E-state index contributed by atoms with van der Waals surface area (Å²) in [6.07, 6.45) is -2.53. The minimum absolute atomic E-state index is 0.0256. The molecule has 1 aliphatic carbocycles. The van der Waals surface area contributed by atoms with Crippen LogP contribution in [-0.4, -0.2) is 24.5 Å². The van der Waals surface area contributed by atoms with Crippen LogP contribution < -0.4 is 9.47 Å². The van der Waals surface area contributed by atoms with Gasteiger partial charge in [-0.05, 0) is 49.8 Å². The third-order valence-corrected chi connectivity index (χ3v) is 3.95. The number of aliphatic carboxylic acids is 1. The first-order valence-electron chi connectivity index (χ1n) is 6.96. The highest BCUT2D eigenvalue weighted by molar-refractivity contribution is 5.70. The molecule has 0 heterocycles. The molecular weight excluding hydrogens is 301 g/mol. The van der Waals surface area contributed by atoms with Crippen LogP contribution in [0.5, 0.6) is 11.5 Å². The molecule has 0 aromatic heterocycles. The molecule has 1 N–H and O–H groups in total. The Morgan fingerprint density at radius 1 is 1.23 bits per heavy atom. The molecule has 2 rings (SSSR count). The SMILES string of the molecule is COc1ccc(OC(F)(F)F)cc1C1CCC(C(=O)O)CC1. The highest BCUT2D eigenvalue weighted by Gasteiger charge is 2.32. The van der Waals surface area contributed by atoms with Gasteiger partial charge in [0, 0.05) is 5.56 Å². The maximum atomic E-state index is 12.3. The first-order valence-corrected chi connectivity index (χ1v) is 6.96. The van der Waals surface area contributed by atoms with Crippen molar-refractivity contribution in [2.45, 2.75) is 38.0 Å². The van der Waals surface area contributed by atoms with Crippen molar-refractivity contribution >= 4 is 5.97 Å². The fraction of sp³-hybridized carbons (Fsp3) is 0.533. The van der Waals surface area contributed by atoms with E-state index in [9.17, 15) is 18.0 Å². The molecule has 0 atom stereocenters. The van der Waals surface area contributed by atoms with Crippen molar-refractivity contribution in [1.82, 2.24) is 0 Å². The molecule has 1 fully saturated rings. The second-order valence-corrected chi connectivity index (χ2v) is 5.34. The molecule has 7 heteroatoms. The fourth-order valence-electron chi connectivity index (χ4n) is 2.88. The summed E-state index contributed by atoms with van der Waals surface area (Å²) >= 11 is 0. The lowest BCUT2D eigenvalue weighted by molar-refractivity contribution is -0.274. The molecule has 122 valence electrons. The van der Waals surface area contributed by atoms with E-state index in [-0.39, 0.29) is 17.6 Å². The number of halogens is 3. The predicted octanol–water partition coefficient (Wildman–Crippen LogP) is 3.95. The molecule has 1 saturated carbocycles. The maximum absolute atomic E-state index is 12.3. The first kappa shape index (κ1) is 16.5. The smallest absolute Gasteiger partial charge is 0.496 e. The zero-order chi connectivity index (χ0) is 16.3. The summed E-state index contributed by atoms with van der Waals surface area (Å²) < 4.78 is 46.1. The molecule has 0 bridgehead atoms. The number of methoxy groups -OCH3 is 1. The number of rotatable bonds is 4. The molecule has 0 spiro atoms. The lowest BCUT2D eigenvalue weighted by Crippen LogP contribution is -2.21. The quantitative estimate of drug-likeness (QED) is 0.913. The van der Waals surface area contributed by atoms with Crippen molar-refractivity contribution in [3.05, 3.63) is 23.8 Å². The van der Waals surface area contributed by atoms with Crippen molar-refractivity contribution < 1.29 is 32.5 Å². The Hall–Kier alpha value is -1.92. The van der Waals surface area contributed by atoms with E-state index in [2.05, 4.69) is 4.74 Å². The van der Waals surface area contributed by atoms with Crippen molar-refractivity contribution in [2.24, 2.45) is 5.92 Å². The molecule has 0 radical (unpaired) electrons. The summed E-state index contributed by atoms with van der Waals surface area (Å²) in [6.45, 7) is 0. The number of benzene rings is 1. The van der Waals surface area contributed by atoms with Crippen LogP contribution in [-0.2, 0) is 4.79 Å². The van der Waals surface area contributed by atoms with Crippen molar-refractivity contribution in [2.75, 3.05) is 7.11 Å². The Kier molecular flexibility index (Phi) is 4.83. The van der Waals surface area contributed by atoms with Gasteiger partial charge in [0.25, 0.3) is 0 Å². The van der Waals surface area contributed by atoms with Crippen LogP contribution in [0.15, 0.2) is 18.2 Å². The summed E-state index contributed by atoms with van der Waals surface area (Å²) in [5, 5.41) is 9.00. The predicted molar refractivity (Wildman–Crippen MR) is 72.0 cm³/mol. The van der Waals surface area contributed by atoms with Crippen LogP contribution in [0.1, 0.15) is 37.2 Å². The van der Waals surface area contributed by atoms with E-state index in [1.165, 1.54) is 25.3 Å². The third kappa shape index (κ3) is 4.05. The third-order valence-electron chi connectivity index (χ3n) is 3.95. The van der Waals surface area contributed by atoms with E-state index in [1.807, 2.05) is 0 Å². The van der Waals surface area contributed by atoms with Crippen molar-refractivity contribution in [3.8, 4) is 11.5 Å². The number of hydrogen-bond acceptors (Lipinski definition) is 3. The van der Waals surface area contributed by atoms with Gasteiger partial charge in [-0.1, -0.05) is 0 Å². The van der Waals surface area contributed by atoms with E-state index >= 15 is 0 Å². The molecule has 0 aliphatic heterocycles. The van der Waals surface area contributed by atoms with Gasteiger partial charge in [-0.25, -0.2) is 0 Å². The molecule has 1 aromatic carbocycles. The van der Waals surface area contributed by atoms with E-state index in [0.717, 1.165) is 0 Å². The van der Waals surface area contributed by atoms with Crippen molar-refractivity contribution in [3.63, 3.8) is 0 Å². The number of carboxylic acid groups (broad SMARTS) is 1. The number of ether oxygens (including phenoxy) is 2. The van der Waals surface area contributed by atoms with E-state index < -0.39 is 12.3 Å². The summed E-state index contributed by atoms with van der Waals surface area (Å²) in [6, 6.07) is 3.98. The van der Waals surface area contributed by atoms with Gasteiger partial charge in [0.2, 0.25) is 0 Å². The zero-order valence-electron chi connectivity index (χ0n) is 12.0. The van der Waals surface area contributed by atoms with Crippen LogP contribution >= 0.6 is 0 Å². The minimum atomic E-state index is -4.74. The molecule has 0 saturated heterocycles. The molecule has 0 amide bonds. The van der Waals surface area contributed by atoms with E-state index in [1.54, 1.807) is 0 Å². The summed E-state index contributed by atoms with van der Waals surface area (Å²) in [4.78, 5) is 11.0. The van der Waals surface area contributed by atoms with Gasteiger partial charge in [-0.15, -0.1) is 13.2 Å². The van der Waals surface area contributed by atoms with Gasteiger partial charge in [0.15, 0.2) is 0 Å².